The number of amides is 1. The molecule has 6 heteroatoms. The minimum Gasteiger partial charge on any atom is -0.352 e. The SMILES string of the molecule is Cc1ccc(S(=O)(=O)N[C@@H](Cc2ccccc2)C(=O)NC2CCCCCC2)cc1. The monoisotopic (exact) mass is 414 g/mol. The third-order valence-corrected chi connectivity index (χ3v) is 6.92. The molecule has 0 unspecified atom stereocenters. The van der Waals surface area contributed by atoms with Gasteiger partial charge in [0.25, 0.3) is 0 Å². The average molecular weight is 415 g/mol. The molecule has 2 aromatic rings. The van der Waals surface area contributed by atoms with E-state index in [2.05, 4.69) is 10.0 Å². The van der Waals surface area contributed by atoms with E-state index >= 15 is 0 Å². The molecule has 2 N–H and O–H groups in total. The number of carbonyl (C=O) groups excluding carboxylic acids is 1. The maximum absolute atomic E-state index is 13.1. The van der Waals surface area contributed by atoms with Gasteiger partial charge in [0.05, 0.1) is 4.90 Å². The number of rotatable bonds is 7. The number of sulfonamides is 1. The highest BCUT2D eigenvalue weighted by Crippen LogP contribution is 2.18. The topological polar surface area (TPSA) is 75.3 Å². The summed E-state index contributed by atoms with van der Waals surface area (Å²) >= 11 is 0. The Labute approximate surface area is 174 Å². The molecule has 0 spiro atoms. The normalized spacial score (nSPS) is 16.7. The van der Waals surface area contributed by atoms with Crippen LogP contribution < -0.4 is 10.0 Å². The van der Waals surface area contributed by atoms with E-state index in [4.69, 9.17) is 0 Å². The molecule has 0 saturated heterocycles. The van der Waals surface area contributed by atoms with Gasteiger partial charge in [0, 0.05) is 6.04 Å². The Hall–Kier alpha value is -2.18. The average Bonchev–Trinajstić information content (AvgIpc) is 2.97. The van der Waals surface area contributed by atoms with Gasteiger partial charge < -0.3 is 5.32 Å². The Morgan fingerprint density at radius 3 is 2.21 bits per heavy atom. The fourth-order valence-electron chi connectivity index (χ4n) is 3.74. The highest BCUT2D eigenvalue weighted by molar-refractivity contribution is 7.89. The van der Waals surface area contributed by atoms with Gasteiger partial charge in [-0.2, -0.15) is 4.72 Å². The summed E-state index contributed by atoms with van der Waals surface area (Å²) in [4.78, 5) is 13.2. The molecule has 0 aliphatic heterocycles. The van der Waals surface area contributed by atoms with E-state index in [-0.39, 0.29) is 16.8 Å². The van der Waals surface area contributed by atoms with Gasteiger partial charge in [-0.3, -0.25) is 4.79 Å². The summed E-state index contributed by atoms with van der Waals surface area (Å²) in [5.41, 5.74) is 1.90. The number of nitrogens with one attached hydrogen (secondary N) is 2. The van der Waals surface area contributed by atoms with E-state index in [9.17, 15) is 13.2 Å². The molecule has 0 heterocycles. The minimum absolute atomic E-state index is 0.118. The molecule has 2 aromatic carbocycles. The summed E-state index contributed by atoms with van der Waals surface area (Å²) in [6.45, 7) is 1.90. The van der Waals surface area contributed by atoms with Crippen LogP contribution in [0.3, 0.4) is 0 Å². The number of hydrogen-bond acceptors (Lipinski definition) is 3. The van der Waals surface area contributed by atoms with Gasteiger partial charge in [-0.1, -0.05) is 73.7 Å². The van der Waals surface area contributed by atoms with Crippen LogP contribution in [0.1, 0.15) is 49.7 Å². The van der Waals surface area contributed by atoms with Crippen molar-refractivity contribution >= 4 is 15.9 Å². The van der Waals surface area contributed by atoms with Crippen LogP contribution in [0.15, 0.2) is 59.5 Å². The summed E-state index contributed by atoms with van der Waals surface area (Å²) in [6, 6.07) is 15.4. The van der Waals surface area contributed by atoms with Crippen LogP contribution in [0.25, 0.3) is 0 Å². The van der Waals surface area contributed by atoms with Crippen LogP contribution in [-0.4, -0.2) is 26.4 Å². The van der Waals surface area contributed by atoms with E-state index in [0.717, 1.165) is 36.8 Å². The second-order valence-electron chi connectivity index (χ2n) is 7.87. The lowest BCUT2D eigenvalue weighted by atomic mass is 10.0. The molecule has 1 saturated carbocycles. The van der Waals surface area contributed by atoms with E-state index in [1.54, 1.807) is 24.3 Å². The van der Waals surface area contributed by atoms with Gasteiger partial charge in [0.1, 0.15) is 6.04 Å². The standard InChI is InChI=1S/C23H30N2O3S/c1-18-13-15-21(16-14-18)29(27,28)25-22(17-19-9-5-4-6-10-19)23(26)24-20-11-7-2-3-8-12-20/h4-6,9-10,13-16,20,22,25H,2-3,7-8,11-12,17H2,1H3,(H,24,26)/t22-/m0/s1. The molecule has 1 aliphatic carbocycles. The van der Waals surface area contributed by atoms with Crippen molar-refractivity contribution in [1.29, 1.82) is 0 Å². The summed E-state index contributed by atoms with van der Waals surface area (Å²) < 4.78 is 28.5. The first-order valence-electron chi connectivity index (χ1n) is 10.4. The van der Waals surface area contributed by atoms with Crippen molar-refractivity contribution in [1.82, 2.24) is 10.0 Å². The predicted octanol–water partition coefficient (Wildman–Crippen LogP) is 3.72. The highest BCUT2D eigenvalue weighted by Gasteiger charge is 2.27. The van der Waals surface area contributed by atoms with Crippen LogP contribution in [0.4, 0.5) is 0 Å². The zero-order valence-corrected chi connectivity index (χ0v) is 17.8. The van der Waals surface area contributed by atoms with E-state index in [1.807, 2.05) is 37.3 Å². The molecule has 5 nitrogen and oxygen atoms in total. The molecular formula is C23H30N2O3S. The van der Waals surface area contributed by atoms with Gasteiger partial charge in [-0.15, -0.1) is 0 Å². The second-order valence-corrected chi connectivity index (χ2v) is 9.59. The lowest BCUT2D eigenvalue weighted by Crippen LogP contribution is -2.50. The van der Waals surface area contributed by atoms with E-state index in [1.165, 1.54) is 12.8 Å². The highest BCUT2D eigenvalue weighted by atomic mass is 32.2. The van der Waals surface area contributed by atoms with Gasteiger partial charge in [-0.25, -0.2) is 8.42 Å². The maximum Gasteiger partial charge on any atom is 0.241 e. The molecule has 1 amide bonds. The third kappa shape index (κ3) is 6.41. The van der Waals surface area contributed by atoms with Crippen molar-refractivity contribution in [3.8, 4) is 0 Å². The van der Waals surface area contributed by atoms with E-state index in [0.29, 0.717) is 6.42 Å². The van der Waals surface area contributed by atoms with Crippen molar-refractivity contribution in [2.75, 3.05) is 0 Å². The van der Waals surface area contributed by atoms with Crippen LogP contribution in [0, 0.1) is 6.92 Å². The summed E-state index contributed by atoms with van der Waals surface area (Å²) in [7, 11) is -3.80. The molecule has 156 valence electrons. The molecule has 29 heavy (non-hydrogen) atoms. The lowest BCUT2D eigenvalue weighted by molar-refractivity contribution is -0.123. The second kappa shape index (κ2) is 10.0. The van der Waals surface area contributed by atoms with Crippen LogP contribution in [-0.2, 0) is 21.2 Å². The Kier molecular flexibility index (Phi) is 7.45. The summed E-state index contributed by atoms with van der Waals surface area (Å²) in [6.07, 6.45) is 6.81. The molecule has 1 atom stereocenters. The predicted molar refractivity (Wildman–Crippen MR) is 115 cm³/mol. The van der Waals surface area contributed by atoms with Gasteiger partial charge in [0.2, 0.25) is 15.9 Å². The summed E-state index contributed by atoms with van der Waals surface area (Å²) in [5.74, 6) is -0.253. The Morgan fingerprint density at radius 1 is 0.966 bits per heavy atom. The van der Waals surface area contributed by atoms with Crippen molar-refractivity contribution < 1.29 is 13.2 Å². The molecule has 0 bridgehead atoms. The molecule has 0 aromatic heterocycles. The molecule has 1 fully saturated rings. The lowest BCUT2D eigenvalue weighted by Gasteiger charge is -2.23. The fourth-order valence-corrected chi connectivity index (χ4v) is 4.93. The van der Waals surface area contributed by atoms with Gasteiger partial charge in [0.15, 0.2) is 0 Å². The van der Waals surface area contributed by atoms with Crippen molar-refractivity contribution in [2.24, 2.45) is 0 Å². The van der Waals surface area contributed by atoms with Gasteiger partial charge >= 0.3 is 0 Å². The fraction of sp³-hybridized carbons (Fsp3) is 0.435. The largest absolute Gasteiger partial charge is 0.352 e. The van der Waals surface area contributed by atoms with Crippen molar-refractivity contribution in [3.05, 3.63) is 65.7 Å². The first-order valence-corrected chi connectivity index (χ1v) is 11.9. The molecule has 3 rings (SSSR count). The Morgan fingerprint density at radius 2 is 1.59 bits per heavy atom. The maximum atomic E-state index is 13.1. The van der Waals surface area contributed by atoms with Gasteiger partial charge in [-0.05, 0) is 43.9 Å². The zero-order valence-electron chi connectivity index (χ0n) is 16.9. The minimum atomic E-state index is -3.80. The molecule has 0 radical (unpaired) electrons. The first-order chi connectivity index (χ1) is 13.9. The quantitative estimate of drug-likeness (QED) is 0.678. The van der Waals surface area contributed by atoms with Crippen LogP contribution in [0.2, 0.25) is 0 Å². The zero-order chi connectivity index (χ0) is 20.7. The number of carbonyl (C=O) groups is 1. The number of benzene rings is 2. The number of aryl methyl sites for hydroxylation is 1. The molecule has 1 aliphatic rings. The Balaban J connectivity index is 1.78. The first kappa shape index (κ1) is 21.5. The van der Waals surface area contributed by atoms with Crippen molar-refractivity contribution in [2.45, 2.75) is 68.8 Å². The van der Waals surface area contributed by atoms with Crippen LogP contribution in [0.5, 0.6) is 0 Å². The van der Waals surface area contributed by atoms with E-state index < -0.39 is 16.1 Å². The number of hydrogen-bond donors (Lipinski definition) is 2. The van der Waals surface area contributed by atoms with Crippen LogP contribution >= 0.6 is 0 Å². The molecular weight excluding hydrogens is 384 g/mol. The third-order valence-electron chi connectivity index (χ3n) is 5.43. The summed E-state index contributed by atoms with van der Waals surface area (Å²) in [5, 5.41) is 3.10. The van der Waals surface area contributed by atoms with Crippen molar-refractivity contribution in [3.63, 3.8) is 0 Å². The smallest absolute Gasteiger partial charge is 0.241 e. The Bertz CT molecular complexity index is 887.